The second-order valence-corrected chi connectivity index (χ2v) is 6.46. The van der Waals surface area contributed by atoms with Gasteiger partial charge >= 0.3 is 17.9 Å². The van der Waals surface area contributed by atoms with Crippen LogP contribution in [-0.4, -0.2) is 52.1 Å². The lowest BCUT2D eigenvalue weighted by atomic mass is 10.1. The molecule has 1 aliphatic rings. The number of rotatable bonds is 9. The minimum absolute atomic E-state index is 0.0478. The van der Waals surface area contributed by atoms with Crippen LogP contribution < -0.4 is 4.90 Å². The third-order valence-corrected chi connectivity index (χ3v) is 4.48. The molecule has 158 valence electrons. The molecule has 8 heteroatoms. The SMILES string of the molecule is CCCCCCOC(=O)c1ccc(N2COCC(C(=O)OC)=C2C(=O)OC)cc1. The molecule has 0 aromatic heterocycles. The monoisotopic (exact) mass is 405 g/mol. The molecular formula is C21H27NO7. The molecule has 0 radical (unpaired) electrons. The first-order chi connectivity index (χ1) is 14.0. The van der Waals surface area contributed by atoms with E-state index in [1.165, 1.54) is 19.1 Å². The molecule has 1 heterocycles. The maximum Gasteiger partial charge on any atom is 0.355 e. The van der Waals surface area contributed by atoms with E-state index in [1.54, 1.807) is 24.3 Å². The molecule has 0 saturated carbocycles. The predicted octanol–water partition coefficient (Wildman–Crippen LogP) is 2.82. The average molecular weight is 405 g/mol. The Morgan fingerprint density at radius 2 is 1.66 bits per heavy atom. The number of carbonyl (C=O) groups is 3. The zero-order valence-corrected chi connectivity index (χ0v) is 17.1. The van der Waals surface area contributed by atoms with Crippen LogP contribution in [-0.2, 0) is 28.5 Å². The first kappa shape index (κ1) is 22.4. The number of hydrogen-bond acceptors (Lipinski definition) is 8. The molecule has 0 aliphatic carbocycles. The van der Waals surface area contributed by atoms with Crippen molar-refractivity contribution in [3.8, 4) is 0 Å². The molecule has 0 spiro atoms. The Labute approximate surface area is 170 Å². The van der Waals surface area contributed by atoms with Gasteiger partial charge in [-0.05, 0) is 30.7 Å². The van der Waals surface area contributed by atoms with E-state index in [4.69, 9.17) is 18.9 Å². The second-order valence-electron chi connectivity index (χ2n) is 6.46. The normalized spacial score (nSPS) is 13.8. The zero-order chi connectivity index (χ0) is 21.2. The molecule has 1 aromatic rings. The molecule has 0 atom stereocenters. The molecule has 0 saturated heterocycles. The van der Waals surface area contributed by atoms with E-state index in [9.17, 15) is 14.4 Å². The number of ether oxygens (including phenoxy) is 4. The first-order valence-corrected chi connectivity index (χ1v) is 9.55. The topological polar surface area (TPSA) is 91.4 Å². The molecule has 8 nitrogen and oxygen atoms in total. The van der Waals surface area contributed by atoms with E-state index < -0.39 is 17.9 Å². The summed E-state index contributed by atoms with van der Waals surface area (Å²) in [5, 5.41) is 0. The lowest BCUT2D eigenvalue weighted by Gasteiger charge is -2.31. The Balaban J connectivity index is 2.15. The van der Waals surface area contributed by atoms with Crippen LogP contribution in [0, 0.1) is 0 Å². The Kier molecular flexibility index (Phi) is 8.67. The number of unbranched alkanes of at least 4 members (excludes halogenated alkanes) is 3. The standard InChI is InChI=1S/C21H27NO7/c1-4-5-6-7-12-29-19(23)15-8-10-16(11-9-15)22-14-28-13-17(20(24)26-2)18(22)21(25)27-3/h8-11H,4-7,12-14H2,1-3H3. The number of benzene rings is 1. The molecule has 1 aliphatic heterocycles. The summed E-state index contributed by atoms with van der Waals surface area (Å²) in [4.78, 5) is 38.0. The fourth-order valence-electron chi connectivity index (χ4n) is 2.90. The summed E-state index contributed by atoms with van der Waals surface area (Å²) >= 11 is 0. The molecule has 2 rings (SSSR count). The Bertz CT molecular complexity index is 755. The van der Waals surface area contributed by atoms with Crippen molar-refractivity contribution in [2.24, 2.45) is 0 Å². The van der Waals surface area contributed by atoms with E-state index in [1.807, 2.05) is 0 Å². The van der Waals surface area contributed by atoms with Crippen LogP contribution in [0.1, 0.15) is 43.0 Å². The Morgan fingerprint density at radius 1 is 0.966 bits per heavy atom. The van der Waals surface area contributed by atoms with Crippen LogP contribution in [0.15, 0.2) is 35.5 Å². The van der Waals surface area contributed by atoms with E-state index in [0.717, 1.165) is 25.7 Å². The van der Waals surface area contributed by atoms with Crippen LogP contribution in [0.3, 0.4) is 0 Å². The summed E-state index contributed by atoms with van der Waals surface area (Å²) in [6, 6.07) is 6.51. The highest BCUT2D eigenvalue weighted by molar-refractivity contribution is 6.03. The fourth-order valence-corrected chi connectivity index (χ4v) is 2.90. The third-order valence-electron chi connectivity index (χ3n) is 4.48. The molecular weight excluding hydrogens is 378 g/mol. The molecule has 29 heavy (non-hydrogen) atoms. The summed E-state index contributed by atoms with van der Waals surface area (Å²) in [5.74, 6) is -1.75. The lowest BCUT2D eigenvalue weighted by molar-refractivity contribution is -0.140. The van der Waals surface area contributed by atoms with E-state index in [2.05, 4.69) is 6.92 Å². The highest BCUT2D eigenvalue weighted by Crippen LogP contribution is 2.27. The predicted molar refractivity (Wildman–Crippen MR) is 105 cm³/mol. The van der Waals surface area contributed by atoms with Crippen LogP contribution in [0.5, 0.6) is 0 Å². The van der Waals surface area contributed by atoms with Gasteiger partial charge in [0, 0.05) is 5.69 Å². The number of hydrogen-bond donors (Lipinski definition) is 0. The van der Waals surface area contributed by atoms with Crippen LogP contribution in [0.25, 0.3) is 0 Å². The van der Waals surface area contributed by atoms with Gasteiger partial charge in [-0.3, -0.25) is 0 Å². The Morgan fingerprint density at radius 3 is 2.28 bits per heavy atom. The van der Waals surface area contributed by atoms with Gasteiger partial charge in [0.25, 0.3) is 0 Å². The van der Waals surface area contributed by atoms with Gasteiger partial charge in [-0.1, -0.05) is 26.2 Å². The third kappa shape index (κ3) is 5.80. The maximum atomic E-state index is 12.3. The van der Waals surface area contributed by atoms with Crippen molar-refractivity contribution in [3.05, 3.63) is 41.1 Å². The van der Waals surface area contributed by atoms with Crippen LogP contribution >= 0.6 is 0 Å². The molecule has 0 N–H and O–H groups in total. The largest absolute Gasteiger partial charge is 0.466 e. The van der Waals surface area contributed by atoms with E-state index >= 15 is 0 Å². The fraction of sp³-hybridized carbons (Fsp3) is 0.476. The van der Waals surface area contributed by atoms with Crippen molar-refractivity contribution >= 4 is 23.6 Å². The smallest absolute Gasteiger partial charge is 0.355 e. The number of carbonyl (C=O) groups excluding carboxylic acids is 3. The van der Waals surface area contributed by atoms with Crippen molar-refractivity contribution in [1.29, 1.82) is 0 Å². The summed E-state index contributed by atoms with van der Waals surface area (Å²) in [6.45, 7) is 2.50. The second kappa shape index (κ2) is 11.2. The molecule has 0 bridgehead atoms. The van der Waals surface area contributed by atoms with E-state index in [0.29, 0.717) is 17.9 Å². The maximum absolute atomic E-state index is 12.3. The van der Waals surface area contributed by atoms with Gasteiger partial charge in [0.2, 0.25) is 0 Å². The molecule has 0 fully saturated rings. The zero-order valence-electron chi connectivity index (χ0n) is 17.1. The van der Waals surface area contributed by atoms with Crippen molar-refractivity contribution in [2.75, 3.05) is 39.1 Å². The van der Waals surface area contributed by atoms with Crippen LogP contribution in [0.4, 0.5) is 5.69 Å². The summed E-state index contributed by atoms with van der Waals surface area (Å²) in [7, 11) is 2.46. The van der Waals surface area contributed by atoms with Gasteiger partial charge in [0.1, 0.15) is 12.4 Å². The molecule has 0 amide bonds. The van der Waals surface area contributed by atoms with E-state index in [-0.39, 0.29) is 24.6 Å². The average Bonchev–Trinajstić information content (AvgIpc) is 2.77. The minimum atomic E-state index is -0.677. The number of nitrogens with zero attached hydrogens (tertiary/aromatic N) is 1. The Hall–Kier alpha value is -2.87. The van der Waals surface area contributed by atoms with Gasteiger partial charge in [-0.15, -0.1) is 0 Å². The van der Waals surface area contributed by atoms with Gasteiger partial charge in [-0.25, -0.2) is 14.4 Å². The summed E-state index contributed by atoms with van der Waals surface area (Å²) in [5.41, 5.74) is 1.09. The minimum Gasteiger partial charge on any atom is -0.466 e. The lowest BCUT2D eigenvalue weighted by Crippen LogP contribution is -2.38. The first-order valence-electron chi connectivity index (χ1n) is 9.55. The van der Waals surface area contributed by atoms with Gasteiger partial charge in [0.05, 0.1) is 38.6 Å². The van der Waals surface area contributed by atoms with Crippen molar-refractivity contribution in [1.82, 2.24) is 0 Å². The summed E-state index contributed by atoms with van der Waals surface area (Å²) in [6.07, 6.45) is 4.11. The quantitative estimate of drug-likeness (QED) is 0.352. The van der Waals surface area contributed by atoms with Gasteiger partial charge in [0.15, 0.2) is 0 Å². The van der Waals surface area contributed by atoms with Crippen molar-refractivity contribution in [2.45, 2.75) is 32.6 Å². The van der Waals surface area contributed by atoms with Gasteiger partial charge in [-0.2, -0.15) is 0 Å². The van der Waals surface area contributed by atoms with Crippen molar-refractivity contribution < 1.29 is 33.3 Å². The number of esters is 3. The van der Waals surface area contributed by atoms with Crippen LogP contribution in [0.2, 0.25) is 0 Å². The molecule has 0 unspecified atom stereocenters. The number of anilines is 1. The van der Waals surface area contributed by atoms with Gasteiger partial charge < -0.3 is 23.8 Å². The number of methoxy groups -OCH3 is 2. The highest BCUT2D eigenvalue weighted by Gasteiger charge is 2.32. The highest BCUT2D eigenvalue weighted by atomic mass is 16.5. The summed E-state index contributed by atoms with van der Waals surface area (Å²) < 4.78 is 20.3. The molecule has 1 aromatic carbocycles. The van der Waals surface area contributed by atoms with Crippen molar-refractivity contribution in [3.63, 3.8) is 0 Å².